The van der Waals surface area contributed by atoms with Crippen molar-refractivity contribution in [2.24, 2.45) is 0 Å². The number of nitrogens with zero attached hydrogens (tertiary/aromatic N) is 2. The molecule has 2 aromatic rings. The van der Waals surface area contributed by atoms with Gasteiger partial charge in [0.05, 0.1) is 12.5 Å². The molecule has 1 aromatic heterocycles. The molecule has 1 N–H and O–H groups in total. The Bertz CT molecular complexity index is 659. The summed E-state index contributed by atoms with van der Waals surface area (Å²) in [6.07, 6.45) is 0.325. The van der Waals surface area contributed by atoms with Gasteiger partial charge in [-0.25, -0.2) is 4.98 Å². The third-order valence-electron chi connectivity index (χ3n) is 3.46. The number of nitrogens with one attached hydrogen (secondary N) is 1. The van der Waals surface area contributed by atoms with E-state index in [1.54, 1.807) is 24.1 Å². The molecule has 1 atom stereocenters. The van der Waals surface area contributed by atoms with Crippen molar-refractivity contribution in [3.63, 3.8) is 0 Å². The second-order valence-electron chi connectivity index (χ2n) is 4.76. The van der Waals surface area contributed by atoms with E-state index in [1.807, 2.05) is 24.3 Å². The minimum atomic E-state index is -0.539. The Balaban J connectivity index is 1.94. The fourth-order valence-corrected chi connectivity index (χ4v) is 2.44. The van der Waals surface area contributed by atoms with Gasteiger partial charge in [0.1, 0.15) is 5.82 Å². The average molecular weight is 271 g/mol. The van der Waals surface area contributed by atoms with Crippen LogP contribution in [-0.4, -0.2) is 17.9 Å². The number of rotatable bonds is 2. The Morgan fingerprint density at radius 2 is 2.05 bits per heavy atom. The number of hydrogen-bond donors (Lipinski definition) is 1. The third-order valence-corrected chi connectivity index (χ3v) is 3.46. The van der Waals surface area contributed by atoms with Crippen LogP contribution in [0.15, 0.2) is 42.5 Å². The summed E-state index contributed by atoms with van der Waals surface area (Å²) in [5, 5.41) is 3.13. The Morgan fingerprint density at radius 1 is 1.25 bits per heavy atom. The molecular weight excluding hydrogens is 257 g/mol. The number of fused-ring (bicyclic) bond motifs is 1. The van der Waals surface area contributed by atoms with Crippen molar-refractivity contribution in [3.8, 4) is 0 Å². The van der Waals surface area contributed by atoms with Crippen molar-refractivity contribution < 1.29 is 9.18 Å². The number of halogens is 1. The summed E-state index contributed by atoms with van der Waals surface area (Å²) < 4.78 is 13.1. The highest BCUT2D eigenvalue weighted by Crippen LogP contribution is 2.35. The molecule has 0 saturated heterocycles. The number of benzene rings is 1. The summed E-state index contributed by atoms with van der Waals surface area (Å²) in [6, 6.07) is 12.1. The molecule has 5 heteroatoms. The van der Waals surface area contributed by atoms with Gasteiger partial charge in [0.2, 0.25) is 11.9 Å². The maximum Gasteiger partial charge on any atom is 0.229 e. The van der Waals surface area contributed by atoms with Gasteiger partial charge < -0.3 is 10.2 Å². The molecular formula is C15H14FN3O. The molecule has 1 aromatic carbocycles. The Labute approximate surface area is 116 Å². The van der Waals surface area contributed by atoms with E-state index in [1.165, 1.54) is 6.07 Å². The minimum Gasteiger partial charge on any atom is -0.363 e. The maximum absolute atomic E-state index is 13.1. The normalized spacial score (nSPS) is 17.8. The van der Waals surface area contributed by atoms with Crippen LogP contribution in [0.5, 0.6) is 0 Å². The summed E-state index contributed by atoms with van der Waals surface area (Å²) in [4.78, 5) is 17.4. The van der Waals surface area contributed by atoms with Crippen LogP contribution in [-0.2, 0) is 4.79 Å². The second kappa shape index (κ2) is 4.92. The Hall–Kier alpha value is -2.43. The predicted molar refractivity (Wildman–Crippen MR) is 75.0 cm³/mol. The van der Waals surface area contributed by atoms with E-state index in [0.29, 0.717) is 12.2 Å². The van der Waals surface area contributed by atoms with Crippen LogP contribution in [0.2, 0.25) is 0 Å². The van der Waals surface area contributed by atoms with Crippen molar-refractivity contribution >= 4 is 17.4 Å². The van der Waals surface area contributed by atoms with Gasteiger partial charge in [-0.2, -0.15) is 4.39 Å². The SMILES string of the molecule is CN1C(=O)CC(Nc2cccc(F)n2)c2ccccc21. The molecule has 20 heavy (non-hydrogen) atoms. The topological polar surface area (TPSA) is 45.2 Å². The quantitative estimate of drug-likeness (QED) is 0.854. The summed E-state index contributed by atoms with van der Waals surface area (Å²) >= 11 is 0. The number of hydrogen-bond acceptors (Lipinski definition) is 3. The zero-order valence-electron chi connectivity index (χ0n) is 11.0. The molecule has 3 rings (SSSR count). The van der Waals surface area contributed by atoms with Gasteiger partial charge in [-0.05, 0) is 23.8 Å². The van der Waals surface area contributed by atoms with Gasteiger partial charge in [-0.3, -0.25) is 4.79 Å². The lowest BCUT2D eigenvalue weighted by atomic mass is 9.96. The summed E-state index contributed by atoms with van der Waals surface area (Å²) in [5.41, 5.74) is 1.89. The number of anilines is 2. The molecule has 1 aliphatic rings. The third kappa shape index (κ3) is 2.22. The van der Waals surface area contributed by atoms with Gasteiger partial charge in [-0.1, -0.05) is 24.3 Å². The van der Waals surface area contributed by atoms with E-state index >= 15 is 0 Å². The van der Waals surface area contributed by atoms with E-state index < -0.39 is 5.95 Å². The molecule has 1 unspecified atom stereocenters. The highest BCUT2D eigenvalue weighted by molar-refractivity contribution is 5.96. The minimum absolute atomic E-state index is 0.0256. The first kappa shape index (κ1) is 12.6. The summed E-state index contributed by atoms with van der Waals surface area (Å²) in [7, 11) is 1.76. The van der Waals surface area contributed by atoms with Gasteiger partial charge in [0.15, 0.2) is 0 Å². The van der Waals surface area contributed by atoms with E-state index in [-0.39, 0.29) is 11.9 Å². The smallest absolute Gasteiger partial charge is 0.229 e. The lowest BCUT2D eigenvalue weighted by Crippen LogP contribution is -2.35. The first-order valence-corrected chi connectivity index (χ1v) is 6.40. The molecule has 0 saturated carbocycles. The zero-order valence-corrected chi connectivity index (χ0v) is 11.0. The van der Waals surface area contributed by atoms with Crippen LogP contribution in [0.4, 0.5) is 15.9 Å². The molecule has 0 spiro atoms. The summed E-state index contributed by atoms with van der Waals surface area (Å²) in [5.74, 6) is -0.0812. The Kier molecular flexibility index (Phi) is 3.10. The van der Waals surface area contributed by atoms with Crippen LogP contribution in [0, 0.1) is 5.95 Å². The molecule has 0 fully saturated rings. The standard InChI is InChI=1S/C15H14FN3O/c1-19-12-6-3-2-5-10(12)11(9-15(19)20)17-14-8-4-7-13(16)18-14/h2-8,11H,9H2,1H3,(H,17,18). The molecule has 102 valence electrons. The molecule has 1 aliphatic heterocycles. The molecule has 0 bridgehead atoms. The average Bonchev–Trinajstić information content (AvgIpc) is 2.45. The predicted octanol–water partition coefficient (Wildman–Crippen LogP) is 2.74. The van der Waals surface area contributed by atoms with Crippen LogP contribution >= 0.6 is 0 Å². The molecule has 2 heterocycles. The van der Waals surface area contributed by atoms with E-state index in [2.05, 4.69) is 10.3 Å². The number of pyridine rings is 1. The first-order chi connectivity index (χ1) is 9.65. The van der Waals surface area contributed by atoms with E-state index in [9.17, 15) is 9.18 Å². The highest BCUT2D eigenvalue weighted by Gasteiger charge is 2.28. The summed E-state index contributed by atoms with van der Waals surface area (Å²) in [6.45, 7) is 0. The Morgan fingerprint density at radius 3 is 2.85 bits per heavy atom. The fraction of sp³-hybridized carbons (Fsp3) is 0.200. The first-order valence-electron chi connectivity index (χ1n) is 6.40. The molecule has 0 radical (unpaired) electrons. The van der Waals surface area contributed by atoms with Crippen LogP contribution < -0.4 is 10.2 Å². The van der Waals surface area contributed by atoms with Gasteiger partial charge in [0, 0.05) is 12.7 Å². The molecule has 0 aliphatic carbocycles. The van der Waals surface area contributed by atoms with Crippen LogP contribution in [0.25, 0.3) is 0 Å². The second-order valence-corrected chi connectivity index (χ2v) is 4.76. The van der Waals surface area contributed by atoms with Gasteiger partial charge >= 0.3 is 0 Å². The lowest BCUT2D eigenvalue weighted by Gasteiger charge is -2.32. The van der Waals surface area contributed by atoms with Crippen molar-refractivity contribution in [3.05, 3.63) is 54.0 Å². The number of carbonyl (C=O) groups is 1. The number of carbonyl (C=O) groups excluding carboxylic acids is 1. The lowest BCUT2D eigenvalue weighted by molar-refractivity contribution is -0.118. The van der Waals surface area contributed by atoms with E-state index in [0.717, 1.165) is 11.3 Å². The molecule has 1 amide bonds. The van der Waals surface area contributed by atoms with Crippen LogP contribution in [0.3, 0.4) is 0 Å². The largest absolute Gasteiger partial charge is 0.363 e. The monoisotopic (exact) mass is 271 g/mol. The van der Waals surface area contributed by atoms with Gasteiger partial charge in [0.25, 0.3) is 0 Å². The highest BCUT2D eigenvalue weighted by atomic mass is 19.1. The van der Waals surface area contributed by atoms with Crippen LogP contribution in [0.1, 0.15) is 18.0 Å². The maximum atomic E-state index is 13.1. The van der Waals surface area contributed by atoms with Crippen molar-refractivity contribution in [1.29, 1.82) is 0 Å². The van der Waals surface area contributed by atoms with E-state index in [4.69, 9.17) is 0 Å². The van der Waals surface area contributed by atoms with Crippen molar-refractivity contribution in [2.75, 3.05) is 17.3 Å². The fourth-order valence-electron chi connectivity index (χ4n) is 2.44. The van der Waals surface area contributed by atoms with Crippen molar-refractivity contribution in [2.45, 2.75) is 12.5 Å². The molecule has 4 nitrogen and oxygen atoms in total. The van der Waals surface area contributed by atoms with Gasteiger partial charge in [-0.15, -0.1) is 0 Å². The number of aromatic nitrogens is 1. The zero-order chi connectivity index (χ0) is 14.1. The number of para-hydroxylation sites is 1. The van der Waals surface area contributed by atoms with Crippen molar-refractivity contribution in [1.82, 2.24) is 4.98 Å². The number of amides is 1.